The van der Waals surface area contributed by atoms with Crippen molar-refractivity contribution in [3.05, 3.63) is 133 Å². The summed E-state index contributed by atoms with van der Waals surface area (Å²) in [5.74, 6) is 0. The Kier molecular flexibility index (Phi) is 5.14. The van der Waals surface area contributed by atoms with Gasteiger partial charge in [0.2, 0.25) is 0 Å². The summed E-state index contributed by atoms with van der Waals surface area (Å²) in [7, 11) is 0. The minimum atomic E-state index is -0.0608. The normalized spacial score (nSPS) is 13.8. The van der Waals surface area contributed by atoms with Crippen molar-refractivity contribution in [1.29, 1.82) is 0 Å². The van der Waals surface area contributed by atoms with E-state index in [1.807, 2.05) is 24.0 Å². The number of hydrogen-bond donors (Lipinski definition) is 0. The van der Waals surface area contributed by atoms with Gasteiger partial charge in [0.1, 0.15) is 0 Å². The highest BCUT2D eigenvalue weighted by atomic mass is 32.2. The van der Waals surface area contributed by atoms with Crippen LogP contribution < -0.4 is 0 Å². The quantitative estimate of drug-likeness (QED) is 0.208. The Hall–Kier alpha value is -4.47. The van der Waals surface area contributed by atoms with Crippen LogP contribution in [0.5, 0.6) is 0 Å². The number of benzene rings is 5. The summed E-state index contributed by atoms with van der Waals surface area (Å²) in [6.07, 6.45) is 1.84. The first kappa shape index (κ1) is 23.4. The fourth-order valence-electron chi connectivity index (χ4n) is 6.26. The summed E-state index contributed by atoms with van der Waals surface area (Å²) < 4.78 is 0. The van der Waals surface area contributed by atoms with Crippen molar-refractivity contribution in [2.45, 2.75) is 29.1 Å². The smallest absolute Gasteiger partial charge is 0.0972 e. The van der Waals surface area contributed by atoms with E-state index in [0.29, 0.717) is 0 Å². The summed E-state index contributed by atoms with van der Waals surface area (Å²) >= 11 is 1.88. The molecule has 5 aromatic carbocycles. The van der Waals surface area contributed by atoms with Gasteiger partial charge in [-0.2, -0.15) is 0 Å². The van der Waals surface area contributed by atoms with E-state index in [-0.39, 0.29) is 5.41 Å². The standard InChI is InChI=1S/C37H26N2S/c1-37(2)30-11-5-6-12-33(30)40-34-20-16-25(22-31(34)37)26-17-18-29(28-10-4-3-9-27(26)28)32-19-15-24-14-13-23-8-7-21-38-35(23)36(24)39-32/h3-22H,1-2H3. The van der Waals surface area contributed by atoms with Crippen LogP contribution in [0.2, 0.25) is 0 Å². The van der Waals surface area contributed by atoms with E-state index in [1.54, 1.807) is 0 Å². The van der Waals surface area contributed by atoms with Crippen LogP contribution in [0, 0.1) is 0 Å². The lowest BCUT2D eigenvalue weighted by Crippen LogP contribution is -2.23. The molecule has 0 spiro atoms. The zero-order valence-electron chi connectivity index (χ0n) is 22.3. The molecule has 0 bridgehead atoms. The highest BCUT2D eigenvalue weighted by molar-refractivity contribution is 7.99. The number of hydrogen-bond acceptors (Lipinski definition) is 3. The molecule has 0 fully saturated rings. The van der Waals surface area contributed by atoms with Crippen LogP contribution >= 0.6 is 11.8 Å². The fourth-order valence-corrected chi connectivity index (χ4v) is 7.64. The average molecular weight is 531 g/mol. The van der Waals surface area contributed by atoms with Crippen molar-refractivity contribution < 1.29 is 0 Å². The lowest BCUT2D eigenvalue weighted by atomic mass is 9.76. The third kappa shape index (κ3) is 3.51. The number of nitrogens with zero attached hydrogens (tertiary/aromatic N) is 2. The molecule has 0 aliphatic carbocycles. The van der Waals surface area contributed by atoms with Crippen molar-refractivity contribution in [1.82, 2.24) is 9.97 Å². The van der Waals surface area contributed by atoms with Crippen molar-refractivity contribution in [2.75, 3.05) is 0 Å². The molecule has 40 heavy (non-hydrogen) atoms. The van der Waals surface area contributed by atoms with E-state index in [2.05, 4.69) is 128 Å². The average Bonchev–Trinajstić information content (AvgIpc) is 3.00. The highest BCUT2D eigenvalue weighted by Gasteiger charge is 2.33. The van der Waals surface area contributed by atoms with Crippen molar-refractivity contribution >= 4 is 44.3 Å². The van der Waals surface area contributed by atoms with Crippen molar-refractivity contribution in [3.63, 3.8) is 0 Å². The first-order valence-corrected chi connectivity index (χ1v) is 14.5. The second kappa shape index (κ2) is 8.77. The minimum Gasteiger partial charge on any atom is -0.254 e. The lowest BCUT2D eigenvalue weighted by molar-refractivity contribution is 0.607. The predicted octanol–water partition coefficient (Wildman–Crippen LogP) is 10.1. The molecule has 8 rings (SSSR count). The Labute approximate surface area is 237 Å². The Morgan fingerprint density at radius 1 is 0.575 bits per heavy atom. The van der Waals surface area contributed by atoms with E-state index in [1.165, 1.54) is 42.8 Å². The van der Waals surface area contributed by atoms with Gasteiger partial charge in [0.15, 0.2) is 0 Å². The van der Waals surface area contributed by atoms with E-state index >= 15 is 0 Å². The molecule has 0 saturated heterocycles. The van der Waals surface area contributed by atoms with Gasteiger partial charge in [0, 0.05) is 37.7 Å². The Morgan fingerprint density at radius 2 is 1.27 bits per heavy atom. The molecule has 0 amide bonds. The molecule has 3 heterocycles. The molecular formula is C37H26N2S. The van der Waals surface area contributed by atoms with Crippen LogP contribution in [0.25, 0.3) is 55.0 Å². The van der Waals surface area contributed by atoms with E-state index in [4.69, 9.17) is 4.98 Å². The summed E-state index contributed by atoms with van der Waals surface area (Å²) in [6, 6.07) is 41.6. The highest BCUT2D eigenvalue weighted by Crippen LogP contribution is 2.50. The number of fused-ring (bicyclic) bond motifs is 6. The zero-order valence-corrected chi connectivity index (χ0v) is 23.2. The minimum absolute atomic E-state index is 0.0608. The van der Waals surface area contributed by atoms with Crippen LogP contribution in [-0.4, -0.2) is 9.97 Å². The maximum Gasteiger partial charge on any atom is 0.0972 e. The molecule has 1 aliphatic heterocycles. The number of pyridine rings is 2. The van der Waals surface area contributed by atoms with Crippen LogP contribution in [-0.2, 0) is 5.41 Å². The lowest BCUT2D eigenvalue weighted by Gasteiger charge is -2.35. The Morgan fingerprint density at radius 3 is 2.15 bits per heavy atom. The Bertz CT molecular complexity index is 2130. The molecule has 7 aromatic rings. The van der Waals surface area contributed by atoms with Gasteiger partial charge in [0.05, 0.1) is 16.7 Å². The molecule has 0 radical (unpaired) electrons. The molecule has 3 heteroatoms. The zero-order chi connectivity index (χ0) is 26.8. The van der Waals surface area contributed by atoms with Gasteiger partial charge in [0.25, 0.3) is 0 Å². The van der Waals surface area contributed by atoms with Crippen LogP contribution in [0.1, 0.15) is 25.0 Å². The van der Waals surface area contributed by atoms with Gasteiger partial charge in [-0.25, -0.2) is 4.98 Å². The first-order valence-electron chi connectivity index (χ1n) is 13.7. The summed E-state index contributed by atoms with van der Waals surface area (Å²) in [6.45, 7) is 4.69. The van der Waals surface area contributed by atoms with E-state index in [0.717, 1.165) is 33.1 Å². The largest absolute Gasteiger partial charge is 0.254 e. The second-order valence-electron chi connectivity index (χ2n) is 11.0. The van der Waals surface area contributed by atoms with Crippen LogP contribution in [0.4, 0.5) is 0 Å². The second-order valence-corrected chi connectivity index (χ2v) is 12.1. The molecule has 1 aliphatic rings. The van der Waals surface area contributed by atoms with Crippen LogP contribution in [0.15, 0.2) is 131 Å². The van der Waals surface area contributed by atoms with Gasteiger partial charge in [-0.05, 0) is 63.4 Å². The fraction of sp³-hybridized carbons (Fsp3) is 0.0811. The van der Waals surface area contributed by atoms with Crippen molar-refractivity contribution in [2.24, 2.45) is 0 Å². The summed E-state index contributed by atoms with van der Waals surface area (Å²) in [5, 5.41) is 4.65. The maximum absolute atomic E-state index is 5.16. The molecule has 0 atom stereocenters. The maximum atomic E-state index is 5.16. The van der Waals surface area contributed by atoms with Gasteiger partial charge in [-0.15, -0.1) is 0 Å². The molecule has 190 valence electrons. The number of rotatable bonds is 2. The first-order chi connectivity index (χ1) is 19.6. The SMILES string of the molecule is CC1(C)c2ccccc2Sc2ccc(-c3ccc(-c4ccc5ccc6cccnc6c5n4)c4ccccc34)cc21. The molecule has 0 unspecified atom stereocenters. The molecule has 0 saturated carbocycles. The van der Waals surface area contributed by atoms with E-state index < -0.39 is 0 Å². The molecule has 2 aromatic heterocycles. The third-order valence-electron chi connectivity index (χ3n) is 8.38. The molecule has 2 nitrogen and oxygen atoms in total. The van der Waals surface area contributed by atoms with Gasteiger partial charge >= 0.3 is 0 Å². The third-order valence-corrected chi connectivity index (χ3v) is 9.53. The van der Waals surface area contributed by atoms with Crippen LogP contribution in [0.3, 0.4) is 0 Å². The summed E-state index contributed by atoms with van der Waals surface area (Å²) in [5.41, 5.74) is 9.20. The topological polar surface area (TPSA) is 25.8 Å². The molecular weight excluding hydrogens is 504 g/mol. The van der Waals surface area contributed by atoms with Crippen molar-refractivity contribution in [3.8, 4) is 22.4 Å². The number of aromatic nitrogens is 2. The van der Waals surface area contributed by atoms with E-state index in [9.17, 15) is 0 Å². The molecule has 0 N–H and O–H groups in total. The van der Waals surface area contributed by atoms with Gasteiger partial charge in [-0.1, -0.05) is 111 Å². The van der Waals surface area contributed by atoms with Gasteiger partial charge < -0.3 is 0 Å². The Balaban J connectivity index is 1.29. The predicted molar refractivity (Wildman–Crippen MR) is 168 cm³/mol. The monoisotopic (exact) mass is 530 g/mol. The van der Waals surface area contributed by atoms with Gasteiger partial charge in [-0.3, -0.25) is 4.98 Å². The summed E-state index contributed by atoms with van der Waals surface area (Å²) in [4.78, 5) is 12.5.